The van der Waals surface area contributed by atoms with Crippen molar-refractivity contribution in [2.45, 2.75) is 44.2 Å². The van der Waals surface area contributed by atoms with Crippen LogP contribution in [0.1, 0.15) is 33.3 Å². The predicted molar refractivity (Wildman–Crippen MR) is 73.7 cm³/mol. The molecule has 0 radical (unpaired) electrons. The summed E-state index contributed by atoms with van der Waals surface area (Å²) < 4.78 is 53.6. The summed E-state index contributed by atoms with van der Waals surface area (Å²) in [5.74, 6) is 0. The molecule has 2 unspecified atom stereocenters. The molecule has 1 heterocycles. The van der Waals surface area contributed by atoms with E-state index in [1.54, 1.807) is 20.8 Å². The number of halogens is 4. The van der Waals surface area contributed by atoms with Crippen molar-refractivity contribution in [2.24, 2.45) is 0 Å². The Balaban J connectivity index is 3.29. The topological polar surface area (TPSA) is 42.0 Å². The minimum Gasteiger partial charge on any atom is -0.245 e. The summed E-state index contributed by atoms with van der Waals surface area (Å²) in [6.45, 7) is 5.70. The van der Waals surface area contributed by atoms with Gasteiger partial charge in [0.05, 0.1) is 15.7 Å². The second kappa shape index (κ2) is 5.61. The SMILES string of the molecule is CC(C)(C)S(=O)NC(C)(c1ccnc(Cl)c1)C(F)(F)F. The Morgan fingerprint density at radius 2 is 1.80 bits per heavy atom. The molecule has 114 valence electrons. The molecule has 1 rings (SSSR count). The van der Waals surface area contributed by atoms with Crippen molar-refractivity contribution in [1.29, 1.82) is 0 Å². The molecule has 0 saturated heterocycles. The number of hydrogen-bond donors (Lipinski definition) is 1. The van der Waals surface area contributed by atoms with Crippen molar-refractivity contribution >= 4 is 22.6 Å². The van der Waals surface area contributed by atoms with Crippen LogP contribution in [-0.4, -0.2) is 20.1 Å². The lowest BCUT2D eigenvalue weighted by atomic mass is 9.93. The zero-order valence-electron chi connectivity index (χ0n) is 11.5. The van der Waals surface area contributed by atoms with Crippen molar-refractivity contribution < 1.29 is 17.4 Å². The molecular weight excluding hydrogens is 313 g/mol. The summed E-state index contributed by atoms with van der Waals surface area (Å²) >= 11 is 5.65. The molecule has 0 saturated carbocycles. The molecule has 0 aliphatic rings. The maximum absolute atomic E-state index is 13.4. The maximum atomic E-state index is 13.4. The number of aromatic nitrogens is 1. The van der Waals surface area contributed by atoms with Crippen LogP contribution in [0.4, 0.5) is 13.2 Å². The van der Waals surface area contributed by atoms with E-state index in [0.29, 0.717) is 0 Å². The Morgan fingerprint density at radius 3 is 2.20 bits per heavy atom. The quantitative estimate of drug-likeness (QED) is 0.862. The van der Waals surface area contributed by atoms with E-state index < -0.39 is 27.4 Å². The first-order valence-electron chi connectivity index (χ1n) is 5.76. The van der Waals surface area contributed by atoms with E-state index in [1.165, 1.54) is 12.3 Å². The third-order valence-corrected chi connectivity index (χ3v) is 4.64. The second-order valence-corrected chi connectivity index (χ2v) is 7.83. The van der Waals surface area contributed by atoms with Gasteiger partial charge >= 0.3 is 6.18 Å². The fraction of sp³-hybridized carbons (Fsp3) is 0.583. The van der Waals surface area contributed by atoms with Gasteiger partial charge in [0, 0.05) is 6.20 Å². The summed E-state index contributed by atoms with van der Waals surface area (Å²) in [7, 11) is -1.89. The summed E-state index contributed by atoms with van der Waals surface area (Å²) in [6, 6.07) is 2.31. The van der Waals surface area contributed by atoms with Gasteiger partial charge < -0.3 is 0 Å². The van der Waals surface area contributed by atoms with Gasteiger partial charge in [-0.3, -0.25) is 0 Å². The Kier molecular flexibility index (Phi) is 4.88. The normalized spacial score (nSPS) is 17.6. The molecule has 0 aliphatic carbocycles. The van der Waals surface area contributed by atoms with Crippen LogP contribution in [0.5, 0.6) is 0 Å². The number of nitrogens with zero attached hydrogens (tertiary/aromatic N) is 1. The Labute approximate surface area is 123 Å². The molecule has 1 aromatic rings. The first-order valence-corrected chi connectivity index (χ1v) is 7.29. The van der Waals surface area contributed by atoms with E-state index >= 15 is 0 Å². The maximum Gasteiger partial charge on any atom is 0.411 e. The molecular formula is C12H16ClF3N2OS. The van der Waals surface area contributed by atoms with Gasteiger partial charge in [-0.2, -0.15) is 13.2 Å². The molecule has 0 aliphatic heterocycles. The van der Waals surface area contributed by atoms with Crippen LogP contribution in [0.3, 0.4) is 0 Å². The molecule has 0 bridgehead atoms. The summed E-state index contributed by atoms with van der Waals surface area (Å²) in [5, 5.41) is -0.0543. The van der Waals surface area contributed by atoms with Gasteiger partial charge in [-0.15, -0.1) is 0 Å². The van der Waals surface area contributed by atoms with Gasteiger partial charge in [-0.05, 0) is 45.4 Å². The third-order valence-electron chi connectivity index (χ3n) is 2.72. The van der Waals surface area contributed by atoms with E-state index in [-0.39, 0.29) is 10.7 Å². The lowest BCUT2D eigenvalue weighted by Crippen LogP contribution is -2.54. The molecule has 0 amide bonds. The van der Waals surface area contributed by atoms with Gasteiger partial charge in [-0.1, -0.05) is 11.6 Å². The highest BCUT2D eigenvalue weighted by atomic mass is 35.5. The molecule has 1 N–H and O–H groups in total. The van der Waals surface area contributed by atoms with Gasteiger partial charge in [0.15, 0.2) is 0 Å². The van der Waals surface area contributed by atoms with Crippen molar-refractivity contribution in [3.8, 4) is 0 Å². The molecule has 8 heteroatoms. The first-order chi connectivity index (χ1) is 8.88. The van der Waals surface area contributed by atoms with Crippen LogP contribution in [0.15, 0.2) is 18.3 Å². The van der Waals surface area contributed by atoms with E-state index in [1.807, 2.05) is 0 Å². The molecule has 3 nitrogen and oxygen atoms in total. The largest absolute Gasteiger partial charge is 0.411 e. The van der Waals surface area contributed by atoms with E-state index in [4.69, 9.17) is 11.6 Å². The number of nitrogens with one attached hydrogen (secondary N) is 1. The monoisotopic (exact) mass is 328 g/mol. The number of alkyl halides is 3. The van der Waals surface area contributed by atoms with E-state index in [2.05, 4.69) is 9.71 Å². The minimum atomic E-state index is -4.64. The average Bonchev–Trinajstić information content (AvgIpc) is 2.25. The molecule has 20 heavy (non-hydrogen) atoms. The van der Waals surface area contributed by atoms with Gasteiger partial charge in [0.1, 0.15) is 10.7 Å². The van der Waals surface area contributed by atoms with Gasteiger partial charge in [0.2, 0.25) is 0 Å². The molecule has 2 atom stereocenters. The lowest BCUT2D eigenvalue weighted by molar-refractivity contribution is -0.189. The predicted octanol–water partition coefficient (Wildman–Crippen LogP) is 3.56. The van der Waals surface area contributed by atoms with E-state index in [0.717, 1.165) is 13.0 Å². The van der Waals surface area contributed by atoms with Crippen LogP contribution < -0.4 is 4.72 Å². The molecule has 0 fully saturated rings. The highest BCUT2D eigenvalue weighted by Gasteiger charge is 2.54. The highest BCUT2D eigenvalue weighted by molar-refractivity contribution is 7.84. The molecule has 1 aromatic heterocycles. The standard InChI is InChI=1S/C12H16ClF3N2OS/c1-10(2,3)20(19)18-11(4,12(14,15)16)8-5-6-17-9(13)7-8/h5-7,18H,1-4H3. The number of pyridine rings is 1. The summed E-state index contributed by atoms with van der Waals surface area (Å²) in [5.41, 5.74) is -2.61. The molecule has 0 aromatic carbocycles. The lowest BCUT2D eigenvalue weighted by Gasteiger charge is -2.35. The third kappa shape index (κ3) is 3.71. The first kappa shape index (κ1) is 17.4. The summed E-state index contributed by atoms with van der Waals surface area (Å²) in [6.07, 6.45) is -3.46. The van der Waals surface area contributed by atoms with Crippen molar-refractivity contribution in [3.05, 3.63) is 29.0 Å². The number of rotatable bonds is 3. The van der Waals surface area contributed by atoms with Crippen molar-refractivity contribution in [3.63, 3.8) is 0 Å². The number of hydrogen-bond acceptors (Lipinski definition) is 2. The zero-order chi connectivity index (χ0) is 15.8. The highest BCUT2D eigenvalue weighted by Crippen LogP contribution is 2.40. The van der Waals surface area contributed by atoms with Crippen LogP contribution in [0.2, 0.25) is 5.15 Å². The van der Waals surface area contributed by atoms with Crippen molar-refractivity contribution in [1.82, 2.24) is 9.71 Å². The smallest absolute Gasteiger partial charge is 0.245 e. The molecule has 0 spiro atoms. The fourth-order valence-electron chi connectivity index (χ4n) is 1.33. The van der Waals surface area contributed by atoms with Crippen LogP contribution in [-0.2, 0) is 16.5 Å². The Bertz CT molecular complexity index is 516. The van der Waals surface area contributed by atoms with Crippen LogP contribution >= 0.6 is 11.6 Å². The van der Waals surface area contributed by atoms with Crippen LogP contribution in [0, 0.1) is 0 Å². The zero-order valence-corrected chi connectivity index (χ0v) is 13.1. The fourth-order valence-corrected chi connectivity index (χ4v) is 2.42. The average molecular weight is 329 g/mol. The Hall–Kier alpha value is -0.660. The Morgan fingerprint density at radius 1 is 1.25 bits per heavy atom. The van der Waals surface area contributed by atoms with E-state index in [9.17, 15) is 17.4 Å². The van der Waals surface area contributed by atoms with Gasteiger partial charge in [0.25, 0.3) is 0 Å². The summed E-state index contributed by atoms with van der Waals surface area (Å²) in [4.78, 5) is 3.66. The van der Waals surface area contributed by atoms with Gasteiger partial charge in [-0.25, -0.2) is 13.9 Å². The van der Waals surface area contributed by atoms with Crippen molar-refractivity contribution in [2.75, 3.05) is 0 Å². The van der Waals surface area contributed by atoms with Crippen LogP contribution in [0.25, 0.3) is 0 Å². The minimum absolute atomic E-state index is 0.0543. The second-order valence-electron chi connectivity index (χ2n) is 5.47.